The molecular weight excluding hydrogens is 267 g/mol. The fourth-order valence-electron chi connectivity index (χ4n) is 1.43. The number of aromatic nitrogens is 2. The van der Waals surface area contributed by atoms with Gasteiger partial charge in [0.1, 0.15) is 0 Å². The van der Waals surface area contributed by atoms with Gasteiger partial charge in [-0.1, -0.05) is 0 Å². The van der Waals surface area contributed by atoms with Crippen LogP contribution >= 0.6 is 0 Å². The summed E-state index contributed by atoms with van der Waals surface area (Å²) in [4.78, 5) is 13.4. The van der Waals surface area contributed by atoms with E-state index in [0.717, 1.165) is 12.1 Å². The van der Waals surface area contributed by atoms with Crippen LogP contribution in [-0.2, 0) is 0 Å². The minimum Gasteiger partial charge on any atom is -0.398 e. The van der Waals surface area contributed by atoms with Crippen molar-refractivity contribution in [3.05, 3.63) is 47.0 Å². The molecule has 0 saturated heterocycles. The van der Waals surface area contributed by atoms with Crippen molar-refractivity contribution in [2.75, 3.05) is 0 Å². The predicted octanol–water partition coefficient (Wildman–Crippen LogP) is 2.68. The van der Waals surface area contributed by atoms with Crippen LogP contribution in [0.25, 0.3) is 5.69 Å². The van der Waals surface area contributed by atoms with Crippen LogP contribution in [0.5, 0.6) is 5.75 Å². The summed E-state index contributed by atoms with van der Waals surface area (Å²) in [6.45, 7) is 0. The van der Waals surface area contributed by atoms with Crippen molar-refractivity contribution in [2.45, 2.75) is 6.36 Å². The van der Waals surface area contributed by atoms with E-state index in [-0.39, 0.29) is 5.69 Å². The smallest absolute Gasteiger partial charge is 0.398 e. The Morgan fingerprint density at radius 3 is 2.63 bits per heavy atom. The Morgan fingerprint density at radius 1 is 1.37 bits per heavy atom. The zero-order valence-corrected chi connectivity index (χ0v) is 9.16. The second-order valence-electron chi connectivity index (χ2n) is 3.43. The van der Waals surface area contributed by atoms with Gasteiger partial charge >= 0.3 is 12.0 Å². The van der Waals surface area contributed by atoms with Crippen LogP contribution in [0.3, 0.4) is 0 Å². The van der Waals surface area contributed by atoms with Gasteiger partial charge in [-0.3, -0.25) is 10.1 Å². The van der Waals surface area contributed by atoms with Gasteiger partial charge < -0.3 is 9.30 Å². The molecule has 6 nitrogen and oxygen atoms in total. The first-order valence-electron chi connectivity index (χ1n) is 4.89. The van der Waals surface area contributed by atoms with Crippen LogP contribution in [0, 0.1) is 10.1 Å². The molecule has 0 aliphatic carbocycles. The summed E-state index contributed by atoms with van der Waals surface area (Å²) in [5, 5.41) is 10.6. The normalized spacial score (nSPS) is 11.3. The molecule has 0 atom stereocenters. The third kappa shape index (κ3) is 3.00. The molecule has 0 aliphatic rings. The van der Waals surface area contributed by atoms with Crippen LogP contribution < -0.4 is 4.74 Å². The third-order valence-corrected chi connectivity index (χ3v) is 2.17. The molecule has 2 aromatic rings. The highest BCUT2D eigenvalue weighted by Crippen LogP contribution is 2.33. The second kappa shape index (κ2) is 4.59. The van der Waals surface area contributed by atoms with Gasteiger partial charge in [0.25, 0.3) is 0 Å². The van der Waals surface area contributed by atoms with Gasteiger partial charge in [0.15, 0.2) is 0 Å². The zero-order chi connectivity index (χ0) is 14.0. The topological polar surface area (TPSA) is 70.2 Å². The van der Waals surface area contributed by atoms with Crippen molar-refractivity contribution in [3.8, 4) is 11.4 Å². The largest absolute Gasteiger partial charge is 0.573 e. The first kappa shape index (κ1) is 12.9. The van der Waals surface area contributed by atoms with Gasteiger partial charge in [-0.2, -0.15) is 0 Å². The van der Waals surface area contributed by atoms with Gasteiger partial charge in [-0.15, -0.1) is 13.2 Å². The summed E-state index contributed by atoms with van der Waals surface area (Å²) < 4.78 is 41.6. The second-order valence-corrected chi connectivity index (χ2v) is 3.43. The molecule has 0 saturated carbocycles. The number of nitro groups is 1. The molecule has 0 unspecified atom stereocenters. The lowest BCUT2D eigenvalue weighted by atomic mass is 10.2. The summed E-state index contributed by atoms with van der Waals surface area (Å²) >= 11 is 0. The molecule has 0 bridgehead atoms. The number of hydrogen-bond donors (Lipinski definition) is 0. The number of nitrogens with zero attached hydrogens (tertiary/aromatic N) is 3. The average molecular weight is 273 g/mol. The van der Waals surface area contributed by atoms with E-state index in [2.05, 4.69) is 9.72 Å². The Labute approximate surface area is 104 Å². The maximum Gasteiger partial charge on any atom is 0.573 e. The highest BCUT2D eigenvalue weighted by molar-refractivity contribution is 5.53. The monoisotopic (exact) mass is 273 g/mol. The molecule has 9 heteroatoms. The molecule has 0 radical (unpaired) electrons. The summed E-state index contributed by atoms with van der Waals surface area (Å²) in [5.74, 6) is -0.872. The van der Waals surface area contributed by atoms with Gasteiger partial charge in [0.2, 0.25) is 5.75 Å². The van der Waals surface area contributed by atoms with Crippen LogP contribution in [0.2, 0.25) is 0 Å². The van der Waals surface area contributed by atoms with E-state index in [9.17, 15) is 23.3 Å². The van der Waals surface area contributed by atoms with Crippen LogP contribution in [-0.4, -0.2) is 20.8 Å². The Morgan fingerprint density at radius 2 is 2.11 bits per heavy atom. The van der Waals surface area contributed by atoms with Crippen LogP contribution in [0.1, 0.15) is 0 Å². The van der Waals surface area contributed by atoms with E-state index < -0.39 is 22.7 Å². The lowest BCUT2D eigenvalue weighted by Gasteiger charge is -2.10. The van der Waals surface area contributed by atoms with Crippen LogP contribution in [0.4, 0.5) is 18.9 Å². The molecule has 0 fully saturated rings. The average Bonchev–Trinajstić information content (AvgIpc) is 2.79. The Bertz CT molecular complexity index is 596. The maximum atomic E-state index is 12.2. The van der Waals surface area contributed by atoms with E-state index in [0.29, 0.717) is 0 Å². The fourth-order valence-corrected chi connectivity index (χ4v) is 1.43. The van der Waals surface area contributed by atoms with E-state index in [1.54, 1.807) is 0 Å². The predicted molar refractivity (Wildman–Crippen MR) is 56.9 cm³/mol. The summed E-state index contributed by atoms with van der Waals surface area (Å²) in [7, 11) is 0. The van der Waals surface area contributed by atoms with Gasteiger partial charge in [0, 0.05) is 24.5 Å². The minimum atomic E-state index is -5.00. The number of nitro benzene ring substituents is 1. The summed E-state index contributed by atoms with van der Waals surface area (Å²) in [6.07, 6.45) is -0.749. The molecule has 19 heavy (non-hydrogen) atoms. The zero-order valence-electron chi connectivity index (χ0n) is 9.16. The van der Waals surface area contributed by atoms with Crippen molar-refractivity contribution in [1.82, 2.24) is 9.55 Å². The summed E-state index contributed by atoms with van der Waals surface area (Å²) in [6, 6.07) is 3.16. The standard InChI is InChI=1S/C10H6F3N3O3/c11-10(12,13)19-9-5-7(15-4-3-14-6-15)1-2-8(9)16(17)18/h1-6H. The number of imidazole rings is 1. The molecule has 1 heterocycles. The minimum absolute atomic E-state index is 0.266. The molecule has 0 spiro atoms. The van der Waals surface area contributed by atoms with E-state index in [4.69, 9.17) is 0 Å². The first-order chi connectivity index (χ1) is 8.87. The number of hydrogen-bond acceptors (Lipinski definition) is 4. The molecule has 0 N–H and O–H groups in total. The van der Waals surface area contributed by atoms with Crippen molar-refractivity contribution in [2.24, 2.45) is 0 Å². The van der Waals surface area contributed by atoms with Crippen molar-refractivity contribution in [3.63, 3.8) is 0 Å². The van der Waals surface area contributed by atoms with E-state index in [1.807, 2.05) is 0 Å². The first-order valence-corrected chi connectivity index (χ1v) is 4.89. The molecule has 1 aromatic heterocycles. The van der Waals surface area contributed by atoms with Gasteiger partial charge in [-0.05, 0) is 6.07 Å². The fraction of sp³-hybridized carbons (Fsp3) is 0.100. The Hall–Kier alpha value is -2.58. The Balaban J connectivity index is 2.47. The van der Waals surface area contributed by atoms with E-state index in [1.165, 1.54) is 29.4 Å². The number of alkyl halides is 3. The number of ether oxygens (including phenoxy) is 1. The third-order valence-electron chi connectivity index (χ3n) is 2.17. The number of rotatable bonds is 3. The van der Waals surface area contributed by atoms with Crippen molar-refractivity contribution < 1.29 is 22.8 Å². The molecular formula is C10H6F3N3O3. The van der Waals surface area contributed by atoms with Crippen molar-refractivity contribution in [1.29, 1.82) is 0 Å². The quantitative estimate of drug-likeness (QED) is 0.636. The summed E-state index contributed by atoms with van der Waals surface area (Å²) in [5.41, 5.74) is -0.497. The lowest BCUT2D eigenvalue weighted by Crippen LogP contribution is -2.18. The SMILES string of the molecule is O=[N+]([O-])c1ccc(-n2ccnc2)cc1OC(F)(F)F. The number of halogens is 3. The van der Waals surface area contributed by atoms with Crippen molar-refractivity contribution >= 4 is 5.69 Å². The number of benzene rings is 1. The van der Waals surface area contributed by atoms with Gasteiger partial charge in [0.05, 0.1) is 16.9 Å². The molecule has 2 rings (SSSR count). The lowest BCUT2D eigenvalue weighted by molar-refractivity contribution is -0.388. The highest BCUT2D eigenvalue weighted by Gasteiger charge is 2.34. The molecule has 1 aromatic carbocycles. The molecule has 0 aliphatic heterocycles. The molecule has 0 amide bonds. The van der Waals surface area contributed by atoms with E-state index >= 15 is 0 Å². The molecule has 100 valence electrons. The van der Waals surface area contributed by atoms with Gasteiger partial charge in [-0.25, -0.2) is 4.98 Å². The Kier molecular flexibility index (Phi) is 3.11. The van der Waals surface area contributed by atoms with Crippen LogP contribution in [0.15, 0.2) is 36.9 Å². The highest BCUT2D eigenvalue weighted by atomic mass is 19.4. The maximum absolute atomic E-state index is 12.2.